The number of nitrogens with zero attached hydrogens (tertiary/aromatic N) is 5. The summed E-state index contributed by atoms with van der Waals surface area (Å²) in [5.74, 6) is 1.62. The number of likely N-dealkylation sites (tertiary alicyclic amines) is 1. The van der Waals surface area contributed by atoms with Gasteiger partial charge in [-0.05, 0) is 45.2 Å². The number of guanidine groups is 1. The molecule has 166 valence electrons. The molecule has 2 aliphatic rings. The molecule has 0 bridgehead atoms. The first-order chi connectivity index (χ1) is 15.0. The molecular weight excluding hydrogens is 388 g/mol. The molecule has 3 heterocycles. The Morgan fingerprint density at radius 3 is 2.77 bits per heavy atom. The first-order valence-corrected chi connectivity index (χ1v) is 11.4. The molecule has 0 radical (unpaired) electrons. The number of para-hydroxylation sites is 1. The number of fused-ring (bicyclic) bond motifs is 1. The van der Waals surface area contributed by atoms with Gasteiger partial charge in [-0.25, -0.2) is 4.99 Å². The minimum absolute atomic E-state index is 0.306. The molecule has 0 spiro atoms. The number of carbonyl (C=O) groups excluding carboxylic acids is 1. The van der Waals surface area contributed by atoms with Crippen molar-refractivity contribution in [2.45, 2.75) is 52.5 Å². The summed E-state index contributed by atoms with van der Waals surface area (Å²) in [6.07, 6.45) is 2.69. The van der Waals surface area contributed by atoms with Gasteiger partial charge < -0.3 is 15.1 Å². The maximum atomic E-state index is 12.0. The first kappa shape index (κ1) is 21.4. The fourth-order valence-corrected chi connectivity index (χ4v) is 4.79. The summed E-state index contributed by atoms with van der Waals surface area (Å²) in [5, 5.41) is 8.02. The summed E-state index contributed by atoms with van der Waals surface area (Å²) >= 11 is 0. The van der Waals surface area contributed by atoms with Crippen LogP contribution in [-0.4, -0.2) is 52.7 Å². The number of anilines is 1. The predicted molar refractivity (Wildman–Crippen MR) is 124 cm³/mol. The van der Waals surface area contributed by atoms with E-state index < -0.39 is 0 Å². The van der Waals surface area contributed by atoms with Gasteiger partial charge in [0.05, 0.1) is 12.2 Å². The molecule has 1 aromatic heterocycles. The third-order valence-corrected chi connectivity index (χ3v) is 6.63. The van der Waals surface area contributed by atoms with Gasteiger partial charge in [0.2, 0.25) is 5.91 Å². The van der Waals surface area contributed by atoms with E-state index in [-0.39, 0.29) is 0 Å². The summed E-state index contributed by atoms with van der Waals surface area (Å²) in [4.78, 5) is 21.4. The van der Waals surface area contributed by atoms with Crippen molar-refractivity contribution in [3.05, 3.63) is 46.8 Å². The lowest BCUT2D eigenvalue weighted by Gasteiger charge is -2.23. The average Bonchev–Trinajstić information content (AvgIpc) is 3.41. The summed E-state index contributed by atoms with van der Waals surface area (Å²) in [6.45, 7) is 10.3. The third kappa shape index (κ3) is 4.31. The van der Waals surface area contributed by atoms with E-state index in [1.54, 1.807) is 0 Å². The van der Waals surface area contributed by atoms with Crippen LogP contribution in [0.3, 0.4) is 0 Å². The molecule has 1 unspecified atom stereocenters. The van der Waals surface area contributed by atoms with Gasteiger partial charge in [0, 0.05) is 62.5 Å². The standard InChI is InChI=1S/C24H34N6O/c1-5-25-24(26-15-21-17(2)27-28(4)18(21)3)30-16-19(20-9-6-7-10-22(20)30)12-14-29-13-8-11-23(29)31/h6-7,9-10,19H,5,8,11-16H2,1-4H3,(H,25,26). The van der Waals surface area contributed by atoms with Crippen molar-refractivity contribution in [1.29, 1.82) is 0 Å². The monoisotopic (exact) mass is 422 g/mol. The molecule has 0 aliphatic carbocycles. The number of hydrogen-bond donors (Lipinski definition) is 1. The maximum Gasteiger partial charge on any atom is 0.222 e. The molecule has 2 aliphatic heterocycles. The normalized spacial score (nSPS) is 18.8. The zero-order valence-electron chi connectivity index (χ0n) is 19.2. The van der Waals surface area contributed by atoms with E-state index in [0.29, 0.717) is 24.8 Å². The van der Waals surface area contributed by atoms with Gasteiger partial charge in [0.25, 0.3) is 0 Å². The summed E-state index contributed by atoms with van der Waals surface area (Å²) < 4.78 is 1.92. The minimum atomic E-state index is 0.306. The smallest absolute Gasteiger partial charge is 0.222 e. The SMILES string of the molecule is CCNC(=NCc1c(C)nn(C)c1C)N1CC(CCN2CCCC2=O)c2ccccc21. The van der Waals surface area contributed by atoms with E-state index in [2.05, 4.69) is 53.4 Å². The molecule has 0 saturated carbocycles. The second-order valence-corrected chi connectivity index (χ2v) is 8.58. The quantitative estimate of drug-likeness (QED) is 0.574. The first-order valence-electron chi connectivity index (χ1n) is 11.4. The number of hydrogen-bond acceptors (Lipinski definition) is 3. The number of aromatic nitrogens is 2. The van der Waals surface area contributed by atoms with Crippen LogP contribution in [-0.2, 0) is 18.4 Å². The van der Waals surface area contributed by atoms with Gasteiger partial charge in [-0.15, -0.1) is 0 Å². The second kappa shape index (κ2) is 9.12. The predicted octanol–water partition coefficient (Wildman–Crippen LogP) is 3.12. The molecule has 1 atom stereocenters. The van der Waals surface area contributed by atoms with E-state index >= 15 is 0 Å². The summed E-state index contributed by atoms with van der Waals surface area (Å²) in [5.41, 5.74) is 5.96. The van der Waals surface area contributed by atoms with Crippen LogP contribution in [0.1, 0.15) is 54.6 Å². The molecule has 1 aromatic carbocycles. The number of aryl methyl sites for hydroxylation is 2. The Hall–Kier alpha value is -2.83. The number of carbonyl (C=O) groups is 1. The molecule has 1 N–H and O–H groups in total. The van der Waals surface area contributed by atoms with Crippen LogP contribution in [0.15, 0.2) is 29.3 Å². The number of amides is 1. The Bertz CT molecular complexity index is 978. The van der Waals surface area contributed by atoms with Crippen LogP contribution in [0.4, 0.5) is 5.69 Å². The van der Waals surface area contributed by atoms with Crippen LogP contribution < -0.4 is 10.2 Å². The van der Waals surface area contributed by atoms with Crippen molar-refractivity contribution in [1.82, 2.24) is 20.0 Å². The van der Waals surface area contributed by atoms with Crippen LogP contribution in [0.5, 0.6) is 0 Å². The molecule has 1 fully saturated rings. The van der Waals surface area contributed by atoms with Gasteiger partial charge in [0.15, 0.2) is 5.96 Å². The Labute approximate surface area is 185 Å². The van der Waals surface area contributed by atoms with Gasteiger partial charge in [-0.1, -0.05) is 18.2 Å². The number of nitrogens with one attached hydrogen (secondary N) is 1. The molecular formula is C24H34N6O. The highest BCUT2D eigenvalue weighted by atomic mass is 16.2. The zero-order valence-corrected chi connectivity index (χ0v) is 19.2. The fourth-order valence-electron chi connectivity index (χ4n) is 4.79. The van der Waals surface area contributed by atoms with Crippen LogP contribution in [0.2, 0.25) is 0 Å². The van der Waals surface area contributed by atoms with E-state index in [4.69, 9.17) is 4.99 Å². The van der Waals surface area contributed by atoms with Crippen molar-refractivity contribution in [2.75, 3.05) is 31.1 Å². The number of aliphatic imine (C=N–C) groups is 1. The van der Waals surface area contributed by atoms with Crippen LogP contribution >= 0.6 is 0 Å². The molecule has 2 aromatic rings. The van der Waals surface area contributed by atoms with E-state index in [1.165, 1.54) is 16.8 Å². The van der Waals surface area contributed by atoms with E-state index in [1.807, 2.05) is 23.6 Å². The Morgan fingerprint density at radius 1 is 1.29 bits per heavy atom. The molecule has 7 heteroatoms. The average molecular weight is 423 g/mol. The molecule has 1 saturated heterocycles. The third-order valence-electron chi connectivity index (χ3n) is 6.63. The lowest BCUT2D eigenvalue weighted by Crippen LogP contribution is -2.41. The maximum absolute atomic E-state index is 12.0. The van der Waals surface area contributed by atoms with Crippen molar-refractivity contribution in [3.63, 3.8) is 0 Å². The Balaban J connectivity index is 1.55. The summed E-state index contributed by atoms with van der Waals surface area (Å²) in [7, 11) is 1.98. The van der Waals surface area contributed by atoms with E-state index in [0.717, 1.165) is 56.4 Å². The Kier molecular flexibility index (Phi) is 6.30. The molecule has 4 rings (SSSR count). The minimum Gasteiger partial charge on any atom is -0.356 e. The Morgan fingerprint density at radius 2 is 2.10 bits per heavy atom. The number of rotatable bonds is 6. The van der Waals surface area contributed by atoms with Gasteiger partial charge in [-0.3, -0.25) is 9.48 Å². The van der Waals surface area contributed by atoms with Crippen molar-refractivity contribution >= 4 is 17.6 Å². The van der Waals surface area contributed by atoms with Crippen molar-refractivity contribution in [2.24, 2.45) is 12.0 Å². The van der Waals surface area contributed by atoms with Crippen LogP contribution in [0, 0.1) is 13.8 Å². The number of benzene rings is 1. The fraction of sp³-hybridized carbons (Fsp3) is 0.542. The molecule has 31 heavy (non-hydrogen) atoms. The van der Waals surface area contributed by atoms with Gasteiger partial charge in [0.1, 0.15) is 0 Å². The lowest BCUT2D eigenvalue weighted by molar-refractivity contribution is -0.127. The van der Waals surface area contributed by atoms with Gasteiger partial charge >= 0.3 is 0 Å². The molecule has 7 nitrogen and oxygen atoms in total. The second-order valence-electron chi connectivity index (χ2n) is 8.58. The largest absolute Gasteiger partial charge is 0.356 e. The lowest BCUT2D eigenvalue weighted by atomic mass is 9.98. The van der Waals surface area contributed by atoms with Crippen molar-refractivity contribution in [3.8, 4) is 0 Å². The van der Waals surface area contributed by atoms with Gasteiger partial charge in [-0.2, -0.15) is 5.10 Å². The molecule has 1 amide bonds. The zero-order chi connectivity index (χ0) is 22.0. The highest BCUT2D eigenvalue weighted by Gasteiger charge is 2.32. The van der Waals surface area contributed by atoms with Crippen molar-refractivity contribution < 1.29 is 4.79 Å². The summed E-state index contributed by atoms with van der Waals surface area (Å²) in [6, 6.07) is 8.62. The topological polar surface area (TPSA) is 65.8 Å². The highest BCUT2D eigenvalue weighted by molar-refractivity contribution is 5.98. The highest BCUT2D eigenvalue weighted by Crippen LogP contribution is 2.38. The van der Waals surface area contributed by atoms with Crippen LogP contribution in [0.25, 0.3) is 0 Å². The van der Waals surface area contributed by atoms with E-state index in [9.17, 15) is 4.79 Å².